The van der Waals surface area contributed by atoms with Crippen LogP contribution in [-0.4, -0.2) is 20.9 Å². The van der Waals surface area contributed by atoms with E-state index in [9.17, 15) is 4.79 Å². The second kappa shape index (κ2) is 4.23. The van der Waals surface area contributed by atoms with Gasteiger partial charge in [-0.3, -0.25) is 10.1 Å². The molecule has 0 bridgehead atoms. The number of hydrogen-bond donors (Lipinski definition) is 1. The molecule has 0 saturated carbocycles. The van der Waals surface area contributed by atoms with E-state index in [1.807, 2.05) is 35.6 Å². The first kappa shape index (κ1) is 9.86. The van der Waals surface area contributed by atoms with E-state index < -0.39 is 5.91 Å². The summed E-state index contributed by atoms with van der Waals surface area (Å²) in [6, 6.07) is 9.18. The molecule has 78 valence electrons. The molecule has 1 heterocycles. The van der Waals surface area contributed by atoms with Crippen molar-refractivity contribution in [3.05, 3.63) is 42.2 Å². The van der Waals surface area contributed by atoms with E-state index in [1.165, 1.54) is 17.2 Å². The van der Waals surface area contributed by atoms with Crippen molar-refractivity contribution in [3.63, 3.8) is 0 Å². The van der Waals surface area contributed by atoms with Crippen LogP contribution in [0.2, 0.25) is 0 Å². The summed E-state index contributed by atoms with van der Waals surface area (Å²) in [5.74, 6) is -0.565. The lowest BCUT2D eigenvalue weighted by atomic mass is 10.3. The van der Waals surface area contributed by atoms with Crippen molar-refractivity contribution in [2.24, 2.45) is 0 Å². The standard InChI is InChI=1S/C10H7N5O/c11-7-12-10(16)9-6-13-15(14-9)8-4-2-1-3-5-8/h1-6H,(H,12,16). The van der Waals surface area contributed by atoms with Gasteiger partial charge in [0, 0.05) is 0 Å². The zero-order chi connectivity index (χ0) is 11.4. The monoisotopic (exact) mass is 213 g/mol. The molecular formula is C10H7N5O. The summed E-state index contributed by atoms with van der Waals surface area (Å²) in [6.45, 7) is 0. The van der Waals surface area contributed by atoms with E-state index in [4.69, 9.17) is 5.26 Å². The Kier molecular flexibility index (Phi) is 2.61. The molecule has 1 N–H and O–H groups in total. The Morgan fingerprint density at radius 1 is 1.38 bits per heavy atom. The quantitative estimate of drug-likeness (QED) is 0.580. The maximum Gasteiger partial charge on any atom is 0.286 e. The van der Waals surface area contributed by atoms with Gasteiger partial charge < -0.3 is 0 Å². The van der Waals surface area contributed by atoms with Crippen molar-refractivity contribution in [2.45, 2.75) is 0 Å². The first-order valence-electron chi connectivity index (χ1n) is 4.48. The van der Waals surface area contributed by atoms with Crippen molar-refractivity contribution < 1.29 is 4.79 Å². The molecule has 2 rings (SSSR count). The molecule has 0 unspecified atom stereocenters. The van der Waals surface area contributed by atoms with Crippen molar-refractivity contribution in [2.75, 3.05) is 0 Å². The van der Waals surface area contributed by atoms with E-state index in [1.54, 1.807) is 0 Å². The predicted molar refractivity (Wildman–Crippen MR) is 54.4 cm³/mol. The maximum absolute atomic E-state index is 11.2. The lowest BCUT2D eigenvalue weighted by Crippen LogP contribution is -2.18. The molecule has 2 aromatic rings. The van der Waals surface area contributed by atoms with Gasteiger partial charge in [0.05, 0.1) is 11.9 Å². The lowest BCUT2D eigenvalue weighted by molar-refractivity contribution is 0.0967. The summed E-state index contributed by atoms with van der Waals surface area (Å²) in [6.07, 6.45) is 2.84. The number of rotatable bonds is 2. The summed E-state index contributed by atoms with van der Waals surface area (Å²) in [4.78, 5) is 12.6. The van der Waals surface area contributed by atoms with Gasteiger partial charge in [-0.15, -0.1) is 5.10 Å². The Hall–Kier alpha value is -2.68. The summed E-state index contributed by atoms with van der Waals surface area (Å²) in [5.41, 5.74) is 0.851. The third-order valence-electron chi connectivity index (χ3n) is 1.88. The number of aromatic nitrogens is 3. The van der Waals surface area contributed by atoms with Crippen LogP contribution in [0, 0.1) is 11.5 Å². The Morgan fingerprint density at radius 2 is 2.12 bits per heavy atom. The second-order valence-electron chi connectivity index (χ2n) is 2.92. The number of hydrogen-bond acceptors (Lipinski definition) is 4. The first-order valence-corrected chi connectivity index (χ1v) is 4.48. The van der Waals surface area contributed by atoms with Crippen molar-refractivity contribution >= 4 is 5.91 Å². The number of carbonyl (C=O) groups excluding carboxylic acids is 1. The molecule has 1 aromatic heterocycles. The summed E-state index contributed by atoms with van der Waals surface area (Å²) < 4.78 is 0. The van der Waals surface area contributed by atoms with Crippen LogP contribution < -0.4 is 5.32 Å². The number of para-hydroxylation sites is 1. The van der Waals surface area contributed by atoms with Crippen LogP contribution in [0.1, 0.15) is 10.5 Å². The highest BCUT2D eigenvalue weighted by atomic mass is 16.1. The molecule has 0 spiro atoms. The fourth-order valence-corrected chi connectivity index (χ4v) is 1.17. The summed E-state index contributed by atoms with van der Waals surface area (Å²) in [7, 11) is 0. The molecule has 0 atom stereocenters. The molecule has 6 nitrogen and oxygen atoms in total. The number of benzene rings is 1. The van der Waals surface area contributed by atoms with Gasteiger partial charge in [0.2, 0.25) is 0 Å². The molecule has 1 aromatic carbocycles. The van der Waals surface area contributed by atoms with Gasteiger partial charge in [-0.25, -0.2) is 0 Å². The molecule has 0 aliphatic carbocycles. The molecule has 0 aliphatic rings. The maximum atomic E-state index is 11.2. The lowest BCUT2D eigenvalue weighted by Gasteiger charge is -1.96. The van der Waals surface area contributed by atoms with Crippen molar-refractivity contribution in [1.29, 1.82) is 5.26 Å². The minimum Gasteiger partial charge on any atom is -0.266 e. The Morgan fingerprint density at radius 3 is 2.81 bits per heavy atom. The fourth-order valence-electron chi connectivity index (χ4n) is 1.17. The van der Waals surface area contributed by atoms with Crippen LogP contribution in [0.4, 0.5) is 0 Å². The van der Waals surface area contributed by atoms with Gasteiger partial charge >= 0.3 is 0 Å². The highest BCUT2D eigenvalue weighted by molar-refractivity contribution is 5.92. The number of carbonyl (C=O) groups is 1. The van der Waals surface area contributed by atoms with E-state index in [0.29, 0.717) is 0 Å². The van der Waals surface area contributed by atoms with Crippen LogP contribution in [0.15, 0.2) is 36.5 Å². The van der Waals surface area contributed by atoms with Gasteiger partial charge in [0.1, 0.15) is 0 Å². The molecule has 0 fully saturated rings. The van der Waals surface area contributed by atoms with E-state index >= 15 is 0 Å². The minimum atomic E-state index is -0.565. The average Bonchev–Trinajstić information content (AvgIpc) is 2.80. The number of nitriles is 1. The largest absolute Gasteiger partial charge is 0.286 e. The highest BCUT2D eigenvalue weighted by Gasteiger charge is 2.10. The molecule has 0 radical (unpaired) electrons. The first-order chi connectivity index (χ1) is 7.81. The van der Waals surface area contributed by atoms with Gasteiger partial charge in [-0.05, 0) is 12.1 Å². The van der Waals surface area contributed by atoms with Gasteiger partial charge in [0.25, 0.3) is 5.91 Å². The Bertz CT molecular complexity index is 540. The Balaban J connectivity index is 2.27. The topological polar surface area (TPSA) is 83.6 Å². The Labute approximate surface area is 91.1 Å². The second-order valence-corrected chi connectivity index (χ2v) is 2.92. The van der Waals surface area contributed by atoms with E-state index in [-0.39, 0.29) is 5.69 Å². The zero-order valence-corrected chi connectivity index (χ0v) is 8.16. The number of nitrogens with zero attached hydrogens (tertiary/aromatic N) is 4. The zero-order valence-electron chi connectivity index (χ0n) is 8.16. The average molecular weight is 213 g/mol. The molecule has 16 heavy (non-hydrogen) atoms. The normalized spacial score (nSPS) is 9.44. The van der Waals surface area contributed by atoms with Gasteiger partial charge in [0.15, 0.2) is 11.9 Å². The molecule has 1 amide bonds. The summed E-state index contributed by atoms with van der Waals surface area (Å²) in [5, 5.41) is 18.1. The molecule has 0 aliphatic heterocycles. The highest BCUT2D eigenvalue weighted by Crippen LogP contribution is 2.03. The van der Waals surface area contributed by atoms with E-state index in [0.717, 1.165) is 5.69 Å². The fraction of sp³-hybridized carbons (Fsp3) is 0. The van der Waals surface area contributed by atoms with E-state index in [2.05, 4.69) is 10.2 Å². The smallest absolute Gasteiger partial charge is 0.266 e. The third-order valence-corrected chi connectivity index (χ3v) is 1.88. The van der Waals surface area contributed by atoms with Crippen LogP contribution in [0.5, 0.6) is 0 Å². The van der Waals surface area contributed by atoms with Gasteiger partial charge in [-0.2, -0.15) is 15.2 Å². The molecular weight excluding hydrogens is 206 g/mol. The molecule has 0 saturated heterocycles. The van der Waals surface area contributed by atoms with Crippen LogP contribution in [0.25, 0.3) is 5.69 Å². The van der Waals surface area contributed by atoms with Crippen LogP contribution >= 0.6 is 0 Å². The van der Waals surface area contributed by atoms with Crippen molar-refractivity contribution in [3.8, 4) is 11.9 Å². The van der Waals surface area contributed by atoms with Crippen LogP contribution in [-0.2, 0) is 0 Å². The number of amides is 1. The van der Waals surface area contributed by atoms with Crippen molar-refractivity contribution in [1.82, 2.24) is 20.3 Å². The SMILES string of the molecule is N#CNC(=O)c1cnn(-c2ccccc2)n1. The predicted octanol–water partition coefficient (Wildman–Crippen LogP) is 0.478. The number of nitrogens with one attached hydrogen (secondary N) is 1. The minimum absolute atomic E-state index is 0.102. The summed E-state index contributed by atoms with van der Waals surface area (Å²) >= 11 is 0. The molecule has 6 heteroatoms. The van der Waals surface area contributed by atoms with Crippen LogP contribution in [0.3, 0.4) is 0 Å². The van der Waals surface area contributed by atoms with Gasteiger partial charge in [-0.1, -0.05) is 18.2 Å². The third kappa shape index (κ3) is 1.88.